The fourth-order valence-corrected chi connectivity index (χ4v) is 3.89. The average molecular weight is 366 g/mol. The van der Waals surface area contributed by atoms with Gasteiger partial charge in [-0.25, -0.2) is 0 Å². The molecule has 5 heteroatoms. The number of aromatic amines is 1. The number of aromatic nitrogens is 2. The van der Waals surface area contributed by atoms with Crippen molar-refractivity contribution in [2.45, 2.75) is 32.4 Å². The number of rotatable bonds is 2. The number of carbonyl (C=O) groups is 1. The van der Waals surface area contributed by atoms with Crippen molar-refractivity contribution in [3.63, 3.8) is 0 Å². The van der Waals surface area contributed by atoms with Gasteiger partial charge in [-0.3, -0.25) is 9.89 Å². The van der Waals surface area contributed by atoms with Crippen molar-refractivity contribution in [1.29, 1.82) is 0 Å². The van der Waals surface area contributed by atoms with E-state index in [0.29, 0.717) is 10.7 Å². The molecule has 4 rings (SSSR count). The number of fused-ring (bicyclic) bond motifs is 1. The maximum Gasteiger partial charge on any atom is 0.273 e. The van der Waals surface area contributed by atoms with Crippen molar-refractivity contribution < 1.29 is 4.79 Å². The monoisotopic (exact) mass is 365 g/mol. The lowest BCUT2D eigenvalue weighted by molar-refractivity contribution is 0.0546. The van der Waals surface area contributed by atoms with Crippen LogP contribution in [0, 0.1) is 0 Å². The highest BCUT2D eigenvalue weighted by Crippen LogP contribution is 2.47. The van der Waals surface area contributed by atoms with Gasteiger partial charge in [0.05, 0.1) is 11.7 Å². The summed E-state index contributed by atoms with van der Waals surface area (Å²) in [4.78, 5) is 15.1. The standard InChI is InChI=1S/C21H20ClN3O/c1-21(2,3)25-19(14-11-7-8-12-15(14)22)16-17(13-9-5-4-6-10-13)23-24-18(16)20(25)26/h4-12,19H,1-3H3,(H,23,24). The molecule has 1 N–H and O–H groups in total. The maximum absolute atomic E-state index is 13.2. The Labute approximate surface area is 157 Å². The van der Waals surface area contributed by atoms with Crippen LogP contribution in [-0.4, -0.2) is 26.5 Å². The summed E-state index contributed by atoms with van der Waals surface area (Å²) in [6, 6.07) is 17.3. The lowest BCUT2D eigenvalue weighted by Crippen LogP contribution is -2.44. The van der Waals surface area contributed by atoms with Crippen molar-refractivity contribution in [2.24, 2.45) is 0 Å². The highest BCUT2D eigenvalue weighted by atomic mass is 35.5. The minimum Gasteiger partial charge on any atom is -0.321 e. The highest BCUT2D eigenvalue weighted by Gasteiger charge is 2.47. The maximum atomic E-state index is 13.2. The van der Waals surface area contributed by atoms with Gasteiger partial charge in [-0.05, 0) is 32.4 Å². The number of hydrogen-bond donors (Lipinski definition) is 1. The average Bonchev–Trinajstić information content (AvgIpc) is 3.15. The zero-order valence-corrected chi connectivity index (χ0v) is 15.7. The number of nitrogens with zero attached hydrogens (tertiary/aromatic N) is 2. The fourth-order valence-electron chi connectivity index (χ4n) is 3.65. The molecule has 0 saturated carbocycles. The van der Waals surface area contributed by atoms with Gasteiger partial charge in [0.2, 0.25) is 0 Å². The number of nitrogens with one attached hydrogen (secondary N) is 1. The molecule has 2 heterocycles. The summed E-state index contributed by atoms with van der Waals surface area (Å²) in [6.45, 7) is 6.11. The molecule has 0 saturated heterocycles. The fraction of sp³-hybridized carbons (Fsp3) is 0.238. The van der Waals surface area contributed by atoms with Crippen LogP contribution in [0.3, 0.4) is 0 Å². The Balaban J connectivity index is 1.98. The highest BCUT2D eigenvalue weighted by molar-refractivity contribution is 6.31. The summed E-state index contributed by atoms with van der Waals surface area (Å²) in [6.07, 6.45) is 0. The van der Waals surface area contributed by atoms with Crippen molar-refractivity contribution in [3.05, 3.63) is 76.4 Å². The molecule has 1 unspecified atom stereocenters. The molecule has 0 fully saturated rings. The minimum atomic E-state index is -0.366. The van der Waals surface area contributed by atoms with Crippen LogP contribution in [0.5, 0.6) is 0 Å². The van der Waals surface area contributed by atoms with Crippen LogP contribution in [0.25, 0.3) is 11.3 Å². The Morgan fingerprint density at radius 3 is 2.35 bits per heavy atom. The molecule has 1 aromatic heterocycles. The first-order valence-corrected chi connectivity index (χ1v) is 8.99. The number of halogens is 1. The predicted octanol–water partition coefficient (Wildman–Crippen LogP) is 5.07. The molecular formula is C21H20ClN3O. The first-order valence-electron chi connectivity index (χ1n) is 8.61. The van der Waals surface area contributed by atoms with Gasteiger partial charge in [0, 0.05) is 21.7 Å². The van der Waals surface area contributed by atoms with Crippen molar-refractivity contribution >= 4 is 17.5 Å². The summed E-state index contributed by atoms with van der Waals surface area (Å²) in [5, 5.41) is 8.08. The Hall–Kier alpha value is -2.59. The largest absolute Gasteiger partial charge is 0.321 e. The first kappa shape index (κ1) is 16.9. The molecule has 0 bridgehead atoms. The second-order valence-corrected chi connectivity index (χ2v) is 7.90. The summed E-state index contributed by atoms with van der Waals surface area (Å²) >= 11 is 6.53. The van der Waals surface area contributed by atoms with E-state index < -0.39 is 0 Å². The molecule has 1 atom stereocenters. The van der Waals surface area contributed by atoms with E-state index in [1.54, 1.807) is 0 Å². The predicted molar refractivity (Wildman–Crippen MR) is 103 cm³/mol. The third-order valence-corrected chi connectivity index (χ3v) is 5.08. The molecule has 0 radical (unpaired) electrons. The second-order valence-electron chi connectivity index (χ2n) is 7.50. The van der Waals surface area contributed by atoms with E-state index in [0.717, 1.165) is 22.4 Å². The van der Waals surface area contributed by atoms with Crippen LogP contribution in [0.1, 0.15) is 48.4 Å². The summed E-state index contributed by atoms with van der Waals surface area (Å²) < 4.78 is 0. The van der Waals surface area contributed by atoms with Crippen LogP contribution in [0.2, 0.25) is 5.02 Å². The van der Waals surface area contributed by atoms with Crippen LogP contribution in [0.15, 0.2) is 54.6 Å². The Bertz CT molecular complexity index is 972. The van der Waals surface area contributed by atoms with Gasteiger partial charge in [0.25, 0.3) is 5.91 Å². The van der Waals surface area contributed by atoms with Crippen LogP contribution in [-0.2, 0) is 0 Å². The van der Waals surface area contributed by atoms with Crippen LogP contribution in [0.4, 0.5) is 0 Å². The topological polar surface area (TPSA) is 49.0 Å². The molecule has 132 valence electrons. The van der Waals surface area contributed by atoms with E-state index in [1.807, 2.05) is 80.3 Å². The molecule has 26 heavy (non-hydrogen) atoms. The Morgan fingerprint density at radius 1 is 1.04 bits per heavy atom. The Kier molecular flexibility index (Phi) is 3.88. The number of amides is 1. The lowest BCUT2D eigenvalue weighted by atomic mass is 9.93. The van der Waals surface area contributed by atoms with E-state index in [-0.39, 0.29) is 17.5 Å². The second kappa shape index (κ2) is 5.99. The smallest absolute Gasteiger partial charge is 0.273 e. The molecule has 2 aromatic carbocycles. The minimum absolute atomic E-state index is 0.0490. The van der Waals surface area contributed by atoms with E-state index >= 15 is 0 Å². The summed E-state index contributed by atoms with van der Waals surface area (Å²) in [5.41, 5.74) is 3.76. The normalized spacial score (nSPS) is 16.8. The van der Waals surface area contributed by atoms with Crippen molar-refractivity contribution in [2.75, 3.05) is 0 Å². The molecule has 1 aliphatic heterocycles. The lowest BCUT2D eigenvalue weighted by Gasteiger charge is -2.38. The third kappa shape index (κ3) is 2.53. The molecule has 3 aromatic rings. The number of H-pyrrole nitrogens is 1. The van der Waals surface area contributed by atoms with E-state index in [2.05, 4.69) is 10.2 Å². The van der Waals surface area contributed by atoms with Crippen LogP contribution < -0.4 is 0 Å². The summed E-state index contributed by atoms with van der Waals surface area (Å²) in [5.74, 6) is -0.0490. The van der Waals surface area contributed by atoms with Crippen LogP contribution >= 0.6 is 11.6 Å². The molecule has 4 nitrogen and oxygen atoms in total. The first-order chi connectivity index (χ1) is 12.4. The molecule has 1 aliphatic rings. The third-order valence-electron chi connectivity index (χ3n) is 4.74. The zero-order chi connectivity index (χ0) is 18.5. The van der Waals surface area contributed by atoms with Gasteiger partial charge in [-0.1, -0.05) is 60.1 Å². The van der Waals surface area contributed by atoms with E-state index in [1.165, 1.54) is 0 Å². The molecular weight excluding hydrogens is 346 g/mol. The van der Waals surface area contributed by atoms with Gasteiger partial charge in [-0.15, -0.1) is 0 Å². The van der Waals surface area contributed by atoms with E-state index in [9.17, 15) is 4.79 Å². The van der Waals surface area contributed by atoms with Gasteiger partial charge in [0.15, 0.2) is 0 Å². The number of carbonyl (C=O) groups excluding carboxylic acids is 1. The van der Waals surface area contributed by atoms with Gasteiger partial charge >= 0.3 is 0 Å². The van der Waals surface area contributed by atoms with Gasteiger partial charge < -0.3 is 4.90 Å². The molecule has 0 aliphatic carbocycles. The molecule has 0 spiro atoms. The molecule has 1 amide bonds. The van der Waals surface area contributed by atoms with E-state index in [4.69, 9.17) is 11.6 Å². The number of benzene rings is 2. The van der Waals surface area contributed by atoms with Gasteiger partial charge in [-0.2, -0.15) is 5.10 Å². The Morgan fingerprint density at radius 2 is 1.69 bits per heavy atom. The van der Waals surface area contributed by atoms with Gasteiger partial charge in [0.1, 0.15) is 5.69 Å². The quantitative estimate of drug-likeness (QED) is 0.688. The zero-order valence-electron chi connectivity index (χ0n) is 15.0. The van der Waals surface area contributed by atoms with Crippen molar-refractivity contribution in [3.8, 4) is 11.3 Å². The SMILES string of the molecule is CC(C)(C)N1C(=O)c2[nH]nc(-c3ccccc3)c2C1c1ccccc1Cl. The summed E-state index contributed by atoms with van der Waals surface area (Å²) in [7, 11) is 0. The number of hydrogen-bond acceptors (Lipinski definition) is 2. The van der Waals surface area contributed by atoms with Crippen molar-refractivity contribution in [1.82, 2.24) is 15.1 Å².